The summed E-state index contributed by atoms with van der Waals surface area (Å²) in [5, 5.41) is 15.8. The Kier molecular flexibility index (Phi) is 12.2. The van der Waals surface area contributed by atoms with Crippen molar-refractivity contribution in [2.45, 2.75) is 19.0 Å². The summed E-state index contributed by atoms with van der Waals surface area (Å²) in [6.45, 7) is 3.91. The number of alkyl halides is 3. The zero-order valence-electron chi connectivity index (χ0n) is 32.1. The largest absolute Gasteiger partial charge is 0.477 e. The second kappa shape index (κ2) is 16.8. The van der Waals surface area contributed by atoms with Crippen LogP contribution in [0.5, 0.6) is 0 Å². The van der Waals surface area contributed by atoms with Crippen LogP contribution in [-0.4, -0.2) is 140 Å². The monoisotopic (exact) mass is 831 g/mol. The molecule has 58 heavy (non-hydrogen) atoms. The number of likely N-dealkylation sites (tertiary alicyclic amines) is 1. The van der Waals surface area contributed by atoms with Crippen LogP contribution in [0, 0.1) is 11.7 Å². The fourth-order valence-electron chi connectivity index (χ4n) is 7.51. The number of amides is 3. The first-order valence-electron chi connectivity index (χ1n) is 18.5. The van der Waals surface area contributed by atoms with Gasteiger partial charge in [-0.2, -0.15) is 18.3 Å². The summed E-state index contributed by atoms with van der Waals surface area (Å²) in [4.78, 5) is 61.3. The number of halogens is 5. The lowest BCUT2D eigenvalue weighted by atomic mass is 9.92. The van der Waals surface area contributed by atoms with Crippen LogP contribution in [0.3, 0.4) is 0 Å². The quantitative estimate of drug-likeness (QED) is 0.115. The van der Waals surface area contributed by atoms with Crippen LogP contribution < -0.4 is 11.1 Å². The molecule has 2 aliphatic rings. The molecule has 2 aromatic carbocycles. The normalized spacial score (nSPS) is 18.7. The number of carbonyl (C=O) groups excluding carboxylic acids is 3. The zero-order chi connectivity index (χ0) is 42.1. The van der Waals surface area contributed by atoms with Gasteiger partial charge in [-0.1, -0.05) is 11.6 Å². The van der Waals surface area contributed by atoms with E-state index in [1.807, 2.05) is 19.0 Å². The van der Waals surface area contributed by atoms with Gasteiger partial charge in [0.15, 0.2) is 23.9 Å². The topological polar surface area (TPSA) is 172 Å². The number of likely N-dealkylation sites (N-methyl/N-ethyl adjacent to an activating group) is 1. The summed E-state index contributed by atoms with van der Waals surface area (Å²) >= 11 is 6.52. The molecule has 6 rings (SSSR count). The number of nitrogens with two attached hydrogens (primary N) is 1. The maximum absolute atomic E-state index is 14.6. The van der Waals surface area contributed by atoms with E-state index in [0.717, 1.165) is 34.3 Å². The summed E-state index contributed by atoms with van der Waals surface area (Å²) in [5.74, 6) is -3.34. The highest BCUT2D eigenvalue weighted by atomic mass is 35.5. The first-order valence-corrected chi connectivity index (χ1v) is 18.9. The number of piperidine rings is 1. The number of nitrogens with zero attached hydrogens (tertiary/aromatic N) is 8. The zero-order valence-corrected chi connectivity index (χ0v) is 32.9. The Balaban J connectivity index is 1.07. The smallest absolute Gasteiger partial charge is 0.435 e. The van der Waals surface area contributed by atoms with Crippen molar-refractivity contribution >= 4 is 46.7 Å². The van der Waals surface area contributed by atoms with Gasteiger partial charge in [-0.15, -0.1) is 0 Å². The molecule has 0 unspecified atom stereocenters. The molecular weight excluding hydrogens is 788 g/mol. The number of rotatable bonds is 11. The Bertz CT molecular complexity index is 2210. The van der Waals surface area contributed by atoms with Crippen molar-refractivity contribution in [2.24, 2.45) is 13.0 Å². The molecule has 0 aliphatic carbocycles. The number of hydrogen-bond acceptors (Lipinski definition) is 8. The van der Waals surface area contributed by atoms with Crippen LogP contribution in [-0.2, 0) is 22.8 Å². The molecule has 4 N–H and O–H groups in total. The maximum Gasteiger partial charge on any atom is 0.435 e. The second-order valence-corrected chi connectivity index (χ2v) is 15.4. The van der Waals surface area contributed by atoms with Crippen LogP contribution >= 0.6 is 11.6 Å². The van der Waals surface area contributed by atoms with E-state index in [9.17, 15) is 41.8 Å². The molecule has 310 valence electrons. The lowest BCUT2D eigenvalue weighted by molar-refractivity contribution is -0.926. The van der Waals surface area contributed by atoms with Crippen LogP contribution in [0.15, 0.2) is 48.8 Å². The van der Waals surface area contributed by atoms with Gasteiger partial charge in [-0.05, 0) is 50.5 Å². The van der Waals surface area contributed by atoms with Crippen molar-refractivity contribution in [1.82, 2.24) is 34.0 Å². The van der Waals surface area contributed by atoms with Crippen LogP contribution in [0.2, 0.25) is 5.02 Å². The third kappa shape index (κ3) is 9.11. The maximum atomic E-state index is 14.6. The predicted molar refractivity (Wildman–Crippen MR) is 206 cm³/mol. The number of piperazine rings is 1. The van der Waals surface area contributed by atoms with E-state index < -0.39 is 35.1 Å². The van der Waals surface area contributed by atoms with Crippen molar-refractivity contribution in [3.8, 4) is 16.9 Å². The lowest BCUT2D eigenvalue weighted by Crippen LogP contribution is -2.59. The molecule has 2 aliphatic heterocycles. The summed E-state index contributed by atoms with van der Waals surface area (Å²) in [6.07, 6.45) is -1.68. The highest BCUT2D eigenvalue weighted by molar-refractivity contribution is 6.34. The lowest BCUT2D eigenvalue weighted by Gasteiger charge is -2.44. The van der Waals surface area contributed by atoms with E-state index in [0.29, 0.717) is 50.0 Å². The van der Waals surface area contributed by atoms with E-state index in [1.165, 1.54) is 37.4 Å². The van der Waals surface area contributed by atoms with Crippen molar-refractivity contribution in [1.29, 1.82) is 0 Å². The van der Waals surface area contributed by atoms with Crippen molar-refractivity contribution in [3.05, 3.63) is 76.7 Å². The number of anilines is 2. The van der Waals surface area contributed by atoms with Gasteiger partial charge in [0.25, 0.3) is 11.8 Å². The van der Waals surface area contributed by atoms with E-state index in [-0.39, 0.29) is 76.5 Å². The Morgan fingerprint density at radius 3 is 2.31 bits per heavy atom. The number of aromatic nitrogens is 4. The molecule has 0 bridgehead atoms. The molecule has 4 heterocycles. The second-order valence-electron chi connectivity index (χ2n) is 15.0. The van der Waals surface area contributed by atoms with Gasteiger partial charge < -0.3 is 39.9 Å². The minimum Gasteiger partial charge on any atom is -0.477 e. The number of nitrogens with one attached hydrogen (secondary N) is 1. The molecule has 2 fully saturated rings. The number of quaternary nitrogens is 1. The number of carbonyl (C=O) groups is 4. The Morgan fingerprint density at radius 1 is 1.03 bits per heavy atom. The van der Waals surface area contributed by atoms with Gasteiger partial charge >= 0.3 is 12.1 Å². The average Bonchev–Trinajstić information content (AvgIpc) is 3.78. The third-order valence-electron chi connectivity index (χ3n) is 10.7. The molecular formula is C38H44ClF4N10O5+. The number of hydrogen-bond donors (Lipinski definition) is 3. The fraction of sp³-hybridized carbons (Fsp3) is 0.421. The average molecular weight is 832 g/mol. The molecule has 2 aromatic heterocycles. The van der Waals surface area contributed by atoms with Crippen LogP contribution in [0.25, 0.3) is 16.9 Å². The van der Waals surface area contributed by atoms with Crippen molar-refractivity contribution in [3.63, 3.8) is 0 Å². The predicted octanol–water partition coefficient (Wildman–Crippen LogP) is 4.08. The highest BCUT2D eigenvalue weighted by Crippen LogP contribution is 2.37. The number of aliphatic carboxylic acids is 1. The molecule has 0 radical (unpaired) electrons. The molecule has 0 spiro atoms. The third-order valence-corrected chi connectivity index (χ3v) is 11.1. The molecule has 2 saturated heterocycles. The number of carboxylic acids is 1. The number of nitrogen functional groups attached to an aromatic ring is 1. The summed E-state index contributed by atoms with van der Waals surface area (Å²) in [7, 11) is 5.24. The molecule has 20 heteroatoms. The molecule has 3 amide bonds. The minimum absolute atomic E-state index is 0.00946. The number of imidazole rings is 1. The molecule has 0 saturated carbocycles. The van der Waals surface area contributed by atoms with Crippen molar-refractivity contribution in [2.75, 3.05) is 84.0 Å². The van der Waals surface area contributed by atoms with E-state index in [4.69, 9.17) is 17.3 Å². The highest BCUT2D eigenvalue weighted by Gasteiger charge is 2.41. The SMILES string of the molecule is CN(C)CC[N+]1(CC(=O)O)CCC(C(=O)N2CCN(C(=O)c3ccc(NC(=O)c4ncc(-c5cn(-c6ccc(N)cc6F)nc5C(F)(F)F)n4C)cc3Cl)CC2)CC1. The first kappa shape index (κ1) is 42.1. The van der Waals surface area contributed by atoms with Gasteiger partial charge in [0.1, 0.15) is 5.69 Å². The van der Waals surface area contributed by atoms with Gasteiger partial charge in [0.05, 0.1) is 47.7 Å². The Hall–Kier alpha value is -5.53. The number of carboxylic acid groups (broad SMARTS) is 1. The Morgan fingerprint density at radius 2 is 1.71 bits per heavy atom. The summed E-state index contributed by atoms with van der Waals surface area (Å²) < 4.78 is 59.2. The summed E-state index contributed by atoms with van der Waals surface area (Å²) in [6, 6.07) is 7.74. The van der Waals surface area contributed by atoms with Gasteiger partial charge in [-0.3, -0.25) is 14.4 Å². The number of benzene rings is 2. The van der Waals surface area contributed by atoms with E-state index in [1.54, 1.807) is 9.80 Å². The van der Waals surface area contributed by atoms with Crippen LogP contribution in [0.4, 0.5) is 28.9 Å². The molecule has 4 aromatic rings. The standard InChI is InChI=1S/C38H43ClF4N10O5/c1-48(2)14-17-53(22-32(54)55)15-8-23(9-16-53)36(57)50-10-12-51(13-11-50)37(58)26-6-5-25(19-28(26)39)46-35(56)34-45-20-31(49(34)3)27-21-52(47-33(27)38(41,42)43)30-7-4-24(44)18-29(30)40/h4-7,18-21,23H,8-17,22,44H2,1-3H3,(H-,46,54,55,56,58)/p+1. The van der Waals surface area contributed by atoms with Crippen molar-refractivity contribution < 1.29 is 46.3 Å². The van der Waals surface area contributed by atoms with E-state index >= 15 is 0 Å². The molecule has 15 nitrogen and oxygen atoms in total. The minimum atomic E-state index is -4.93. The van der Waals surface area contributed by atoms with Gasteiger partial charge in [0.2, 0.25) is 5.91 Å². The van der Waals surface area contributed by atoms with E-state index in [2.05, 4.69) is 15.4 Å². The Labute approximate surface area is 336 Å². The van der Waals surface area contributed by atoms with Crippen LogP contribution in [0.1, 0.15) is 39.5 Å². The summed E-state index contributed by atoms with van der Waals surface area (Å²) in [5.41, 5.74) is 3.86. The van der Waals surface area contributed by atoms with Gasteiger partial charge in [-0.25, -0.2) is 18.9 Å². The first-order chi connectivity index (χ1) is 27.4. The molecule has 0 atom stereocenters. The van der Waals surface area contributed by atoms with Gasteiger partial charge in [0, 0.05) is 76.1 Å². The fourth-order valence-corrected chi connectivity index (χ4v) is 7.77.